The zero-order valence-corrected chi connectivity index (χ0v) is 12.4. The number of pyridine rings is 1. The van der Waals surface area contributed by atoms with Gasteiger partial charge >= 0.3 is 7.48 Å². The molecule has 0 amide bonds. The largest absolute Gasteiger partial charge is 0.427 e. The van der Waals surface area contributed by atoms with Crippen LogP contribution < -0.4 is 11.0 Å². The highest BCUT2D eigenvalue weighted by atomic mass is 16.5. The van der Waals surface area contributed by atoms with Crippen LogP contribution in [0, 0.1) is 0 Å². The molecule has 0 unspecified atom stereocenters. The standard InChI is InChI=1S/C15H20BNO3/c1-14(2,19)15(3,4)20-16-12-7-5-6-11-10(12)8-9-17-13(11)18/h5-9,16,19H,1-4H3,(H,17,18). The number of aromatic amines is 1. The van der Waals surface area contributed by atoms with Gasteiger partial charge in [0.1, 0.15) is 0 Å². The zero-order chi connectivity index (χ0) is 15.0. The molecule has 0 atom stereocenters. The number of hydrogen-bond donors (Lipinski definition) is 2. The van der Waals surface area contributed by atoms with Gasteiger partial charge in [-0.05, 0) is 50.7 Å². The van der Waals surface area contributed by atoms with Gasteiger partial charge in [-0.15, -0.1) is 0 Å². The highest BCUT2D eigenvalue weighted by Crippen LogP contribution is 2.24. The summed E-state index contributed by atoms with van der Waals surface area (Å²) in [7, 11) is 0.345. The van der Waals surface area contributed by atoms with E-state index < -0.39 is 11.2 Å². The molecule has 0 saturated heterocycles. The van der Waals surface area contributed by atoms with Crippen LogP contribution in [0.15, 0.2) is 35.3 Å². The maximum atomic E-state index is 11.8. The van der Waals surface area contributed by atoms with Gasteiger partial charge in [0.15, 0.2) is 0 Å². The lowest BCUT2D eigenvalue weighted by Gasteiger charge is -2.37. The van der Waals surface area contributed by atoms with Gasteiger partial charge in [0.25, 0.3) is 5.56 Å². The Bertz CT molecular complexity index is 671. The number of fused-ring (bicyclic) bond motifs is 1. The zero-order valence-electron chi connectivity index (χ0n) is 12.4. The SMILES string of the molecule is CC(C)(O)C(C)(C)OBc1cccc2c(=O)[nH]ccc12. The fourth-order valence-electron chi connectivity index (χ4n) is 1.85. The van der Waals surface area contributed by atoms with Crippen LogP contribution in [0.5, 0.6) is 0 Å². The minimum atomic E-state index is -0.949. The van der Waals surface area contributed by atoms with Crippen molar-refractivity contribution in [2.24, 2.45) is 0 Å². The first-order valence-corrected chi connectivity index (χ1v) is 6.68. The Labute approximate surface area is 119 Å². The molecule has 20 heavy (non-hydrogen) atoms. The van der Waals surface area contributed by atoms with E-state index in [0.29, 0.717) is 12.9 Å². The molecule has 0 fully saturated rings. The molecule has 2 aromatic rings. The smallest absolute Gasteiger partial charge is 0.310 e. The van der Waals surface area contributed by atoms with Gasteiger partial charge < -0.3 is 14.7 Å². The first-order chi connectivity index (χ1) is 9.22. The predicted octanol–water partition coefficient (Wildman–Crippen LogP) is 1.07. The van der Waals surface area contributed by atoms with E-state index in [1.165, 1.54) is 0 Å². The fourth-order valence-corrected chi connectivity index (χ4v) is 1.85. The summed E-state index contributed by atoms with van der Waals surface area (Å²) in [5, 5.41) is 11.6. The molecule has 0 radical (unpaired) electrons. The summed E-state index contributed by atoms with van der Waals surface area (Å²) in [6.45, 7) is 7.15. The highest BCUT2D eigenvalue weighted by Gasteiger charge is 2.35. The summed E-state index contributed by atoms with van der Waals surface area (Å²) in [6.07, 6.45) is 1.63. The summed E-state index contributed by atoms with van der Waals surface area (Å²) in [6, 6.07) is 7.43. The van der Waals surface area contributed by atoms with Crippen LogP contribution >= 0.6 is 0 Å². The molecule has 2 rings (SSSR count). The number of aromatic nitrogens is 1. The minimum Gasteiger partial charge on any atom is -0.427 e. The van der Waals surface area contributed by atoms with E-state index in [9.17, 15) is 9.90 Å². The lowest BCUT2D eigenvalue weighted by atomic mass is 9.80. The van der Waals surface area contributed by atoms with E-state index in [4.69, 9.17) is 4.65 Å². The maximum Gasteiger partial charge on any atom is 0.310 e. The number of benzene rings is 1. The van der Waals surface area contributed by atoms with Gasteiger partial charge in [-0.25, -0.2) is 0 Å². The molecule has 0 aliphatic rings. The second kappa shape index (κ2) is 5.07. The molecular formula is C15H20BNO3. The number of aliphatic hydroxyl groups is 1. The molecule has 106 valence electrons. The van der Waals surface area contributed by atoms with Gasteiger partial charge in [0.05, 0.1) is 11.2 Å². The van der Waals surface area contributed by atoms with Gasteiger partial charge in [0, 0.05) is 11.6 Å². The van der Waals surface area contributed by atoms with Crippen molar-refractivity contribution in [2.45, 2.75) is 38.9 Å². The number of rotatable bonds is 4. The molecule has 1 aromatic heterocycles. The monoisotopic (exact) mass is 273 g/mol. The van der Waals surface area contributed by atoms with E-state index in [-0.39, 0.29) is 5.56 Å². The molecule has 0 bridgehead atoms. The van der Waals surface area contributed by atoms with Gasteiger partial charge in [0.2, 0.25) is 0 Å². The summed E-state index contributed by atoms with van der Waals surface area (Å²) >= 11 is 0. The van der Waals surface area contributed by atoms with Crippen molar-refractivity contribution in [3.8, 4) is 0 Å². The third-order valence-electron chi connectivity index (χ3n) is 3.97. The molecule has 1 aromatic carbocycles. The number of hydrogen-bond acceptors (Lipinski definition) is 3. The lowest BCUT2D eigenvalue weighted by molar-refractivity contribution is -0.0893. The molecule has 1 heterocycles. The molecule has 0 saturated carbocycles. The Hall–Kier alpha value is -1.59. The van der Waals surface area contributed by atoms with E-state index >= 15 is 0 Å². The molecular weight excluding hydrogens is 253 g/mol. The second-order valence-corrected chi connectivity index (χ2v) is 6.04. The average Bonchev–Trinajstić information content (AvgIpc) is 2.35. The number of nitrogens with one attached hydrogen (secondary N) is 1. The van der Waals surface area contributed by atoms with Crippen molar-refractivity contribution in [1.29, 1.82) is 0 Å². The van der Waals surface area contributed by atoms with Crippen LogP contribution in [0.4, 0.5) is 0 Å². The first-order valence-electron chi connectivity index (χ1n) is 6.68. The second-order valence-electron chi connectivity index (χ2n) is 6.04. The van der Waals surface area contributed by atoms with Crippen LogP contribution in [-0.2, 0) is 4.65 Å². The van der Waals surface area contributed by atoms with Crippen molar-refractivity contribution < 1.29 is 9.76 Å². The topological polar surface area (TPSA) is 62.3 Å². The fraction of sp³-hybridized carbons (Fsp3) is 0.400. The molecule has 0 aliphatic heterocycles. The molecule has 0 aliphatic carbocycles. The summed E-state index contributed by atoms with van der Waals surface area (Å²) in [4.78, 5) is 14.4. The summed E-state index contributed by atoms with van der Waals surface area (Å²) in [5.74, 6) is 0. The van der Waals surface area contributed by atoms with E-state index in [2.05, 4.69) is 4.98 Å². The van der Waals surface area contributed by atoms with Crippen molar-refractivity contribution in [3.63, 3.8) is 0 Å². The Morgan fingerprint density at radius 3 is 2.50 bits per heavy atom. The minimum absolute atomic E-state index is 0.105. The quantitative estimate of drug-likeness (QED) is 0.819. The Kier molecular flexibility index (Phi) is 3.76. The molecule has 2 N–H and O–H groups in total. The van der Waals surface area contributed by atoms with Gasteiger partial charge in [-0.2, -0.15) is 0 Å². The highest BCUT2D eigenvalue weighted by molar-refractivity contribution is 6.51. The van der Waals surface area contributed by atoms with Crippen LogP contribution in [0.25, 0.3) is 10.8 Å². The van der Waals surface area contributed by atoms with Crippen molar-refractivity contribution in [1.82, 2.24) is 4.98 Å². The van der Waals surface area contributed by atoms with E-state index in [0.717, 1.165) is 10.8 Å². The normalized spacial score (nSPS) is 12.7. The van der Waals surface area contributed by atoms with E-state index in [1.54, 1.807) is 26.1 Å². The van der Waals surface area contributed by atoms with Gasteiger partial charge in [-0.1, -0.05) is 12.1 Å². The Balaban J connectivity index is 2.32. The summed E-state index contributed by atoms with van der Waals surface area (Å²) in [5.41, 5.74) is -0.803. The van der Waals surface area contributed by atoms with Crippen LogP contribution in [0.3, 0.4) is 0 Å². The summed E-state index contributed by atoms with van der Waals surface area (Å²) < 4.78 is 5.87. The lowest BCUT2D eigenvalue weighted by Crippen LogP contribution is -2.49. The molecule has 5 heteroatoms. The Morgan fingerprint density at radius 2 is 1.85 bits per heavy atom. The van der Waals surface area contributed by atoms with Crippen LogP contribution in [-0.4, -0.2) is 28.8 Å². The molecule has 0 spiro atoms. The van der Waals surface area contributed by atoms with E-state index in [1.807, 2.05) is 32.0 Å². The maximum absolute atomic E-state index is 11.8. The number of H-pyrrole nitrogens is 1. The van der Waals surface area contributed by atoms with Crippen molar-refractivity contribution >= 4 is 23.7 Å². The third kappa shape index (κ3) is 2.79. The predicted molar refractivity (Wildman–Crippen MR) is 82.8 cm³/mol. The Morgan fingerprint density at radius 1 is 1.15 bits per heavy atom. The van der Waals surface area contributed by atoms with Crippen molar-refractivity contribution in [3.05, 3.63) is 40.8 Å². The average molecular weight is 273 g/mol. The third-order valence-corrected chi connectivity index (χ3v) is 3.97. The first kappa shape index (κ1) is 14.8. The van der Waals surface area contributed by atoms with Crippen LogP contribution in [0.2, 0.25) is 0 Å². The van der Waals surface area contributed by atoms with Crippen LogP contribution in [0.1, 0.15) is 27.7 Å². The van der Waals surface area contributed by atoms with Crippen molar-refractivity contribution in [2.75, 3.05) is 0 Å². The van der Waals surface area contributed by atoms with Gasteiger partial charge in [-0.3, -0.25) is 4.79 Å². The molecule has 4 nitrogen and oxygen atoms in total.